The Balaban J connectivity index is 1.55. The number of nitrogens with one attached hydrogen (secondary N) is 1. The van der Waals surface area contributed by atoms with Crippen LogP contribution in [0.4, 0.5) is 0 Å². The number of hydrogen-bond acceptors (Lipinski definition) is 7. The molecule has 3 aliphatic rings. The number of amides is 2. The van der Waals surface area contributed by atoms with E-state index < -0.39 is 21.8 Å². The number of phenols is 1. The van der Waals surface area contributed by atoms with E-state index >= 15 is 0 Å². The molecule has 0 radical (unpaired) electrons. The van der Waals surface area contributed by atoms with Crippen molar-refractivity contribution in [1.82, 2.24) is 10.2 Å². The van der Waals surface area contributed by atoms with Crippen LogP contribution in [0.3, 0.4) is 0 Å². The summed E-state index contributed by atoms with van der Waals surface area (Å²) in [5, 5.41) is 13.0. The van der Waals surface area contributed by atoms with Crippen molar-refractivity contribution in [2.75, 3.05) is 31.7 Å². The maximum Gasteiger partial charge on any atom is 0.255 e. The van der Waals surface area contributed by atoms with Gasteiger partial charge in [0, 0.05) is 25.8 Å². The number of phenolic OH excluding ortho intramolecular Hbond substituents is 1. The summed E-state index contributed by atoms with van der Waals surface area (Å²) >= 11 is 0. The average Bonchev–Trinajstić information content (AvgIpc) is 2.91. The molecule has 2 N–H and O–H groups in total. The van der Waals surface area contributed by atoms with Gasteiger partial charge in [-0.25, -0.2) is 8.42 Å². The molecule has 3 aromatic carbocycles. The van der Waals surface area contributed by atoms with E-state index in [1.54, 1.807) is 17.0 Å². The van der Waals surface area contributed by atoms with Gasteiger partial charge in [-0.3, -0.25) is 9.59 Å². The Bertz CT molecular complexity index is 1520. The molecular formula is C29H30N2O7S. The van der Waals surface area contributed by atoms with Crippen molar-refractivity contribution in [2.24, 2.45) is 0 Å². The number of carbonyl (C=O) groups excluding carboxylic acids is 2. The molecule has 0 spiro atoms. The lowest BCUT2D eigenvalue weighted by Crippen LogP contribution is -2.41. The Morgan fingerprint density at radius 3 is 2.69 bits per heavy atom. The average molecular weight is 551 g/mol. The number of sulfone groups is 1. The van der Waals surface area contributed by atoms with Crippen molar-refractivity contribution in [2.45, 2.75) is 25.3 Å². The first-order valence-electron chi connectivity index (χ1n) is 12.8. The summed E-state index contributed by atoms with van der Waals surface area (Å²) in [5.74, 6) is 0.604. The smallest absolute Gasteiger partial charge is 0.255 e. The molecule has 1 unspecified atom stereocenters. The predicted molar refractivity (Wildman–Crippen MR) is 145 cm³/mol. The zero-order valence-electron chi connectivity index (χ0n) is 21.6. The summed E-state index contributed by atoms with van der Waals surface area (Å²) in [5.41, 5.74) is 2.88. The molecule has 204 valence electrons. The van der Waals surface area contributed by atoms with Crippen LogP contribution < -0.4 is 14.8 Å². The fourth-order valence-electron chi connectivity index (χ4n) is 4.94. The highest BCUT2D eigenvalue weighted by molar-refractivity contribution is 7.90. The lowest BCUT2D eigenvalue weighted by molar-refractivity contribution is -0.132. The van der Waals surface area contributed by atoms with Crippen molar-refractivity contribution in [3.05, 3.63) is 82.9 Å². The quantitative estimate of drug-likeness (QED) is 0.511. The fourth-order valence-corrected chi connectivity index (χ4v) is 5.49. The number of benzene rings is 3. The molecule has 0 aliphatic carbocycles. The molecule has 9 nitrogen and oxygen atoms in total. The Morgan fingerprint density at radius 1 is 1.08 bits per heavy atom. The molecule has 3 aromatic rings. The maximum absolute atomic E-state index is 13.3. The van der Waals surface area contributed by atoms with E-state index in [9.17, 15) is 23.1 Å². The summed E-state index contributed by atoms with van der Waals surface area (Å²) in [6.07, 6.45) is 2.15. The summed E-state index contributed by atoms with van der Waals surface area (Å²) in [7, 11) is -3.29. The van der Waals surface area contributed by atoms with Gasteiger partial charge in [-0.2, -0.15) is 0 Å². The molecule has 6 rings (SSSR count). The number of ether oxygens (including phenoxy) is 2. The predicted octanol–water partition coefficient (Wildman–Crippen LogP) is 3.61. The van der Waals surface area contributed by atoms with Gasteiger partial charge in [0.2, 0.25) is 5.91 Å². The monoisotopic (exact) mass is 550 g/mol. The molecule has 0 saturated heterocycles. The first-order valence-corrected chi connectivity index (χ1v) is 14.9. The molecule has 3 heterocycles. The second-order valence-corrected chi connectivity index (χ2v) is 12.1. The zero-order valence-corrected chi connectivity index (χ0v) is 22.4. The lowest BCUT2D eigenvalue weighted by atomic mass is 9.87. The van der Waals surface area contributed by atoms with Crippen LogP contribution in [0.25, 0.3) is 0 Å². The number of fused-ring (bicyclic) bond motifs is 6. The number of rotatable bonds is 3. The summed E-state index contributed by atoms with van der Waals surface area (Å²) in [4.78, 5) is 27.7. The van der Waals surface area contributed by atoms with Crippen LogP contribution in [-0.4, -0.2) is 61.9 Å². The third kappa shape index (κ3) is 6.17. The van der Waals surface area contributed by atoms with E-state index in [-0.39, 0.29) is 29.4 Å². The molecule has 0 fully saturated rings. The molecule has 2 amide bonds. The first-order chi connectivity index (χ1) is 18.7. The number of carbonyl (C=O) groups is 2. The van der Waals surface area contributed by atoms with Crippen molar-refractivity contribution < 1.29 is 32.6 Å². The number of hydrogen-bond donors (Lipinski definition) is 2. The normalized spacial score (nSPS) is 17.3. The minimum atomic E-state index is -3.29. The third-order valence-corrected chi connectivity index (χ3v) is 7.79. The van der Waals surface area contributed by atoms with Gasteiger partial charge in [-0.15, -0.1) is 0 Å². The Hall–Kier alpha value is -4.05. The van der Waals surface area contributed by atoms with Crippen molar-refractivity contribution in [1.29, 1.82) is 0 Å². The molecule has 0 saturated carbocycles. The highest BCUT2D eigenvalue weighted by Gasteiger charge is 2.33. The molecule has 1 atom stereocenters. The van der Waals surface area contributed by atoms with Crippen LogP contribution in [0, 0.1) is 0 Å². The molecule has 3 aliphatic heterocycles. The van der Waals surface area contributed by atoms with Crippen LogP contribution >= 0.6 is 0 Å². The number of aromatic hydroxyl groups is 1. The largest absolute Gasteiger partial charge is 0.507 e. The van der Waals surface area contributed by atoms with Gasteiger partial charge in [0.1, 0.15) is 32.8 Å². The molecule has 10 heteroatoms. The minimum absolute atomic E-state index is 0.0864. The Labute approximate surface area is 227 Å². The van der Waals surface area contributed by atoms with E-state index in [0.29, 0.717) is 49.8 Å². The molecule has 8 bridgehead atoms. The highest BCUT2D eigenvalue weighted by atomic mass is 32.2. The van der Waals surface area contributed by atoms with Crippen LogP contribution in [0.15, 0.2) is 60.7 Å². The summed E-state index contributed by atoms with van der Waals surface area (Å²) in [6, 6.07) is 17.2. The van der Waals surface area contributed by atoms with Crippen LogP contribution in [0.1, 0.15) is 45.9 Å². The zero-order chi connectivity index (χ0) is 27.6. The fraction of sp³-hybridized carbons (Fsp3) is 0.310. The van der Waals surface area contributed by atoms with Crippen molar-refractivity contribution in [3.63, 3.8) is 0 Å². The standard InChI is InChI=1S/C29H30N2O7S/c1-39(35,36)15-11-27(33)31-13-10-19-16-22-6-8-24(19)28(31)20-4-2-5-21(17-20)37-14-3-12-30-29(34)25-18-23(38-22)7-9-26(25)32/h2,4-9,16-18,28,32H,3,10-15H2,1H3,(H,30,34). The molecule has 0 aromatic heterocycles. The van der Waals surface area contributed by atoms with Crippen LogP contribution in [0.5, 0.6) is 23.0 Å². The summed E-state index contributed by atoms with van der Waals surface area (Å²) in [6.45, 7) is 1.11. The maximum atomic E-state index is 13.3. The van der Waals surface area contributed by atoms with Gasteiger partial charge in [0.05, 0.1) is 24.0 Å². The van der Waals surface area contributed by atoms with Gasteiger partial charge in [0.25, 0.3) is 5.91 Å². The second kappa shape index (κ2) is 11.0. The lowest BCUT2D eigenvalue weighted by Gasteiger charge is -2.38. The topological polar surface area (TPSA) is 122 Å². The SMILES string of the molecule is CS(=O)(=O)CCC(=O)N1CCc2cc3ccc2C1c1cccc(c1)OCCCNC(=O)c1cc(ccc1O)O3. The van der Waals surface area contributed by atoms with Gasteiger partial charge in [-0.1, -0.05) is 18.2 Å². The minimum Gasteiger partial charge on any atom is -0.507 e. The Morgan fingerprint density at radius 2 is 1.87 bits per heavy atom. The van der Waals surface area contributed by atoms with Gasteiger partial charge >= 0.3 is 0 Å². The number of nitrogens with zero attached hydrogens (tertiary/aromatic N) is 1. The first kappa shape index (κ1) is 26.6. The van der Waals surface area contributed by atoms with E-state index in [4.69, 9.17) is 9.47 Å². The highest BCUT2D eigenvalue weighted by Crippen LogP contribution is 2.39. The van der Waals surface area contributed by atoms with Gasteiger partial charge < -0.3 is 24.8 Å². The van der Waals surface area contributed by atoms with Gasteiger partial charge in [0.15, 0.2) is 0 Å². The molecule has 39 heavy (non-hydrogen) atoms. The van der Waals surface area contributed by atoms with Gasteiger partial charge in [-0.05, 0) is 72.0 Å². The van der Waals surface area contributed by atoms with Crippen LogP contribution in [0.2, 0.25) is 0 Å². The van der Waals surface area contributed by atoms with Crippen molar-refractivity contribution in [3.8, 4) is 23.0 Å². The van der Waals surface area contributed by atoms with Crippen molar-refractivity contribution >= 4 is 21.7 Å². The van der Waals surface area contributed by atoms with E-state index in [1.807, 2.05) is 36.4 Å². The van der Waals surface area contributed by atoms with E-state index in [2.05, 4.69) is 5.32 Å². The van der Waals surface area contributed by atoms with Crippen LogP contribution in [-0.2, 0) is 21.1 Å². The summed E-state index contributed by atoms with van der Waals surface area (Å²) < 4.78 is 35.5. The third-order valence-electron chi connectivity index (χ3n) is 6.85. The van der Waals surface area contributed by atoms with E-state index in [0.717, 1.165) is 22.9 Å². The Kier molecular flexibility index (Phi) is 7.47. The van der Waals surface area contributed by atoms with E-state index in [1.165, 1.54) is 12.1 Å². The second-order valence-electron chi connectivity index (χ2n) is 9.79. The molecular weight excluding hydrogens is 520 g/mol.